The SMILES string of the molecule is O=S(=O)(CC1(Oc2ccccc2)CS1)c1ccccc1. The van der Waals surface area contributed by atoms with Crippen molar-refractivity contribution in [2.24, 2.45) is 0 Å². The first-order valence-corrected chi connectivity index (χ1v) is 8.89. The number of benzene rings is 2. The van der Waals surface area contributed by atoms with E-state index in [1.807, 2.05) is 30.3 Å². The zero-order valence-corrected chi connectivity index (χ0v) is 12.4. The molecule has 5 heteroatoms. The van der Waals surface area contributed by atoms with Crippen LogP contribution in [0.25, 0.3) is 0 Å². The summed E-state index contributed by atoms with van der Waals surface area (Å²) in [4.78, 5) is -0.278. The van der Waals surface area contributed by atoms with Crippen molar-refractivity contribution in [3.63, 3.8) is 0 Å². The minimum Gasteiger partial charge on any atom is -0.475 e. The Morgan fingerprint density at radius 3 is 2.10 bits per heavy atom. The maximum absolute atomic E-state index is 12.4. The van der Waals surface area contributed by atoms with Crippen LogP contribution in [0.2, 0.25) is 0 Å². The van der Waals surface area contributed by atoms with Gasteiger partial charge in [0, 0.05) is 5.75 Å². The van der Waals surface area contributed by atoms with E-state index in [1.165, 1.54) is 11.8 Å². The third kappa shape index (κ3) is 2.99. The smallest absolute Gasteiger partial charge is 0.183 e. The third-order valence-electron chi connectivity index (χ3n) is 3.03. The first-order valence-electron chi connectivity index (χ1n) is 6.26. The number of para-hydroxylation sites is 1. The lowest BCUT2D eigenvalue weighted by molar-refractivity contribution is 0.242. The fraction of sp³-hybridized carbons (Fsp3) is 0.200. The van der Waals surface area contributed by atoms with Crippen molar-refractivity contribution in [3.05, 3.63) is 60.7 Å². The van der Waals surface area contributed by atoms with E-state index >= 15 is 0 Å². The van der Waals surface area contributed by atoms with Crippen LogP contribution >= 0.6 is 11.8 Å². The molecule has 0 aromatic heterocycles. The molecule has 3 nitrogen and oxygen atoms in total. The molecule has 2 aromatic carbocycles. The van der Waals surface area contributed by atoms with Gasteiger partial charge in [0.15, 0.2) is 14.8 Å². The summed E-state index contributed by atoms with van der Waals surface area (Å²) in [5, 5.41) is 0. The molecule has 0 saturated carbocycles. The van der Waals surface area contributed by atoms with Crippen LogP contribution in [0.3, 0.4) is 0 Å². The second kappa shape index (κ2) is 5.14. The highest BCUT2D eigenvalue weighted by Gasteiger charge is 2.50. The largest absolute Gasteiger partial charge is 0.475 e. The van der Waals surface area contributed by atoms with Gasteiger partial charge in [-0.1, -0.05) is 36.4 Å². The van der Waals surface area contributed by atoms with Crippen LogP contribution in [0.15, 0.2) is 65.6 Å². The average molecular weight is 306 g/mol. The van der Waals surface area contributed by atoms with E-state index in [4.69, 9.17) is 4.74 Å². The Labute approximate surface area is 122 Å². The molecule has 104 valence electrons. The lowest BCUT2D eigenvalue weighted by Crippen LogP contribution is -2.29. The van der Waals surface area contributed by atoms with E-state index in [1.54, 1.807) is 30.3 Å². The summed E-state index contributed by atoms with van der Waals surface area (Å²) in [6, 6.07) is 17.9. The van der Waals surface area contributed by atoms with Crippen LogP contribution in [0, 0.1) is 0 Å². The Morgan fingerprint density at radius 1 is 1.00 bits per heavy atom. The first kappa shape index (κ1) is 13.5. The number of ether oxygens (including phenoxy) is 1. The summed E-state index contributed by atoms with van der Waals surface area (Å²) in [5.74, 6) is 1.41. The molecule has 0 spiro atoms. The molecule has 1 aliphatic heterocycles. The highest BCUT2D eigenvalue weighted by Crippen LogP contribution is 2.47. The Bertz CT molecular complexity index is 678. The minimum absolute atomic E-state index is 0.00355. The number of thioether (sulfide) groups is 1. The molecule has 1 atom stereocenters. The standard InChI is InChI=1S/C15H14O3S2/c16-20(17,14-9-5-2-6-10-14)12-15(11-19-15)18-13-7-3-1-4-8-13/h1-10H,11-12H2. The van der Waals surface area contributed by atoms with E-state index in [0.717, 1.165) is 0 Å². The highest BCUT2D eigenvalue weighted by atomic mass is 32.2. The molecule has 0 amide bonds. The molecule has 3 rings (SSSR count). The zero-order valence-electron chi connectivity index (χ0n) is 10.7. The van der Waals surface area contributed by atoms with Crippen molar-refractivity contribution in [1.82, 2.24) is 0 Å². The minimum atomic E-state index is -3.32. The molecule has 1 aliphatic rings. The summed E-state index contributed by atoms with van der Waals surface area (Å²) >= 11 is 1.53. The molecule has 20 heavy (non-hydrogen) atoms. The van der Waals surface area contributed by atoms with Gasteiger partial charge >= 0.3 is 0 Å². The normalized spacial score (nSPS) is 21.4. The van der Waals surface area contributed by atoms with Gasteiger partial charge in [-0.05, 0) is 24.3 Å². The maximum Gasteiger partial charge on any atom is 0.183 e. The number of hydrogen-bond acceptors (Lipinski definition) is 4. The highest BCUT2D eigenvalue weighted by molar-refractivity contribution is 8.08. The van der Waals surface area contributed by atoms with Crippen LogP contribution in [0.4, 0.5) is 0 Å². The molecule has 0 bridgehead atoms. The van der Waals surface area contributed by atoms with Crippen LogP contribution in [-0.4, -0.2) is 24.9 Å². The maximum atomic E-state index is 12.4. The number of sulfone groups is 1. The zero-order chi connectivity index (χ0) is 14.1. The molecule has 0 aliphatic carbocycles. The molecular weight excluding hydrogens is 292 g/mol. The molecule has 1 saturated heterocycles. The van der Waals surface area contributed by atoms with Gasteiger partial charge in [0.1, 0.15) is 11.5 Å². The van der Waals surface area contributed by atoms with Crippen LogP contribution in [0.1, 0.15) is 0 Å². The van der Waals surface area contributed by atoms with E-state index in [2.05, 4.69) is 0 Å². The number of hydrogen-bond donors (Lipinski definition) is 0. The molecule has 1 unspecified atom stereocenters. The van der Waals surface area contributed by atoms with Crippen molar-refractivity contribution in [1.29, 1.82) is 0 Å². The third-order valence-corrected chi connectivity index (χ3v) is 6.21. The van der Waals surface area contributed by atoms with Crippen molar-refractivity contribution in [2.75, 3.05) is 11.5 Å². The summed E-state index contributed by atoms with van der Waals surface area (Å²) in [7, 11) is -3.32. The summed E-state index contributed by atoms with van der Waals surface area (Å²) < 4.78 is 30.6. The van der Waals surface area contributed by atoms with E-state index in [-0.39, 0.29) is 5.75 Å². The Balaban J connectivity index is 1.77. The summed E-state index contributed by atoms with van der Waals surface area (Å²) in [6.07, 6.45) is 0. The summed E-state index contributed by atoms with van der Waals surface area (Å²) in [6.45, 7) is 0. The Kier molecular flexibility index (Phi) is 3.48. The van der Waals surface area contributed by atoms with Crippen LogP contribution in [-0.2, 0) is 9.84 Å². The van der Waals surface area contributed by atoms with Crippen molar-refractivity contribution in [3.8, 4) is 5.75 Å². The van der Waals surface area contributed by atoms with Gasteiger partial charge in [-0.15, -0.1) is 11.8 Å². The monoisotopic (exact) mass is 306 g/mol. The molecule has 2 aromatic rings. The van der Waals surface area contributed by atoms with Gasteiger partial charge in [0.2, 0.25) is 0 Å². The molecule has 0 N–H and O–H groups in total. The van der Waals surface area contributed by atoms with Crippen molar-refractivity contribution >= 4 is 21.6 Å². The van der Waals surface area contributed by atoms with E-state index < -0.39 is 14.8 Å². The average Bonchev–Trinajstić information content (AvgIpc) is 3.19. The van der Waals surface area contributed by atoms with Crippen molar-refractivity contribution in [2.45, 2.75) is 9.83 Å². The molecule has 0 radical (unpaired) electrons. The topological polar surface area (TPSA) is 43.4 Å². The Morgan fingerprint density at radius 2 is 1.55 bits per heavy atom. The first-order chi connectivity index (χ1) is 9.60. The fourth-order valence-corrected chi connectivity index (χ4v) is 4.84. The van der Waals surface area contributed by atoms with Gasteiger partial charge in [-0.3, -0.25) is 0 Å². The van der Waals surface area contributed by atoms with E-state index in [0.29, 0.717) is 16.4 Å². The van der Waals surface area contributed by atoms with Crippen LogP contribution < -0.4 is 4.74 Å². The van der Waals surface area contributed by atoms with Gasteiger partial charge in [-0.25, -0.2) is 8.42 Å². The fourth-order valence-electron chi connectivity index (χ4n) is 1.96. The van der Waals surface area contributed by atoms with Gasteiger partial charge in [0.05, 0.1) is 4.90 Å². The van der Waals surface area contributed by atoms with Gasteiger partial charge < -0.3 is 4.74 Å². The number of rotatable bonds is 5. The quantitative estimate of drug-likeness (QED) is 0.797. The lowest BCUT2D eigenvalue weighted by atomic mass is 10.3. The van der Waals surface area contributed by atoms with E-state index in [9.17, 15) is 8.42 Å². The lowest BCUT2D eigenvalue weighted by Gasteiger charge is -2.16. The van der Waals surface area contributed by atoms with Crippen molar-refractivity contribution < 1.29 is 13.2 Å². The second-order valence-corrected chi connectivity index (χ2v) is 8.00. The Hall–Kier alpha value is -1.46. The van der Waals surface area contributed by atoms with Crippen LogP contribution in [0.5, 0.6) is 5.75 Å². The predicted octanol–water partition coefficient (Wildman–Crippen LogP) is 2.98. The summed E-state index contributed by atoms with van der Waals surface area (Å²) in [5.41, 5.74) is 0. The predicted molar refractivity (Wildman–Crippen MR) is 80.8 cm³/mol. The van der Waals surface area contributed by atoms with Gasteiger partial charge in [0.25, 0.3) is 0 Å². The molecular formula is C15H14O3S2. The second-order valence-electron chi connectivity index (χ2n) is 4.69. The molecule has 1 fully saturated rings. The molecule has 1 heterocycles. The van der Waals surface area contributed by atoms with Gasteiger partial charge in [-0.2, -0.15) is 0 Å².